The Morgan fingerprint density at radius 1 is 1.42 bits per heavy atom. The molecule has 1 amide bonds. The highest BCUT2D eigenvalue weighted by Gasteiger charge is 2.26. The Hall–Kier alpha value is -1.07. The summed E-state index contributed by atoms with van der Waals surface area (Å²) in [5.74, 6) is -0.0629. The van der Waals surface area contributed by atoms with Crippen LogP contribution in [0.25, 0.3) is 0 Å². The zero-order chi connectivity index (χ0) is 14.5. The lowest BCUT2D eigenvalue weighted by Crippen LogP contribution is -2.44. The quantitative estimate of drug-likeness (QED) is 0.666. The predicted octanol–water partition coefficient (Wildman–Crippen LogP) is 1.59. The average molecular weight is 271 g/mol. The summed E-state index contributed by atoms with van der Waals surface area (Å²) in [6.45, 7) is 5.42. The van der Waals surface area contributed by atoms with E-state index in [-0.39, 0.29) is 18.6 Å². The zero-order valence-corrected chi connectivity index (χ0v) is 11.9. The summed E-state index contributed by atoms with van der Waals surface area (Å²) >= 11 is 0. The minimum atomic E-state index is -0.535. The largest absolute Gasteiger partial charge is 0.444 e. The zero-order valence-electron chi connectivity index (χ0n) is 11.9. The van der Waals surface area contributed by atoms with Crippen LogP contribution in [0.3, 0.4) is 0 Å². The van der Waals surface area contributed by atoms with Crippen molar-refractivity contribution in [2.24, 2.45) is 5.92 Å². The van der Waals surface area contributed by atoms with Crippen molar-refractivity contribution in [1.82, 2.24) is 5.32 Å². The molecule has 0 fully saturated rings. The van der Waals surface area contributed by atoms with E-state index in [4.69, 9.17) is 4.74 Å². The van der Waals surface area contributed by atoms with Gasteiger partial charge in [-0.15, -0.1) is 0 Å². The van der Waals surface area contributed by atoms with Crippen molar-refractivity contribution in [3.05, 3.63) is 12.2 Å². The Bertz CT molecular complexity index is 322. The molecule has 0 aromatic carbocycles. The van der Waals surface area contributed by atoms with Gasteiger partial charge in [0, 0.05) is 18.6 Å². The standard InChI is InChI=1S/C14H25NO4/c1-14(2,3)19-13(18)15-12-6-4-5-11(17)8-7-10(12)9-16/h4-5,10-12,16-17H,6-9H2,1-3H3,(H,15,18)/b5-4-/t10?,11-,12-/m0/s1. The maximum Gasteiger partial charge on any atom is 0.407 e. The van der Waals surface area contributed by atoms with Gasteiger partial charge >= 0.3 is 6.09 Å². The molecule has 0 saturated heterocycles. The average Bonchev–Trinajstić information content (AvgIpc) is 2.24. The number of aliphatic hydroxyl groups is 2. The van der Waals surface area contributed by atoms with Gasteiger partial charge < -0.3 is 20.3 Å². The third-order valence-corrected chi connectivity index (χ3v) is 3.09. The minimum Gasteiger partial charge on any atom is -0.444 e. The van der Waals surface area contributed by atoms with Crippen molar-refractivity contribution in [1.29, 1.82) is 0 Å². The maximum absolute atomic E-state index is 11.8. The van der Waals surface area contributed by atoms with E-state index in [1.807, 2.05) is 26.8 Å². The Kier molecular flexibility index (Phi) is 5.82. The lowest BCUT2D eigenvalue weighted by Gasteiger charge is -2.29. The molecule has 1 aliphatic rings. The molecular weight excluding hydrogens is 246 g/mol. The van der Waals surface area contributed by atoms with Gasteiger partial charge in [-0.1, -0.05) is 12.2 Å². The fraction of sp³-hybridized carbons (Fsp3) is 0.786. The number of carbonyl (C=O) groups excluding carboxylic acids is 1. The summed E-state index contributed by atoms with van der Waals surface area (Å²) in [7, 11) is 0. The maximum atomic E-state index is 11.8. The summed E-state index contributed by atoms with van der Waals surface area (Å²) in [4.78, 5) is 11.8. The first kappa shape index (κ1) is 16.0. The molecule has 0 aliphatic heterocycles. The smallest absolute Gasteiger partial charge is 0.407 e. The van der Waals surface area contributed by atoms with E-state index < -0.39 is 17.8 Å². The van der Waals surface area contributed by atoms with Crippen molar-refractivity contribution in [2.75, 3.05) is 6.61 Å². The number of hydrogen-bond acceptors (Lipinski definition) is 4. The molecule has 0 bridgehead atoms. The summed E-state index contributed by atoms with van der Waals surface area (Å²) < 4.78 is 5.22. The molecule has 0 aromatic heterocycles. The second-order valence-electron chi connectivity index (χ2n) is 6.00. The van der Waals surface area contributed by atoms with Gasteiger partial charge in [0.25, 0.3) is 0 Å². The van der Waals surface area contributed by atoms with Crippen LogP contribution in [0.1, 0.15) is 40.0 Å². The van der Waals surface area contributed by atoms with Crippen LogP contribution in [0, 0.1) is 5.92 Å². The SMILES string of the molecule is CC(C)(C)OC(=O)N[C@H]1C/C=C\[C@H](O)CCC1CO. The van der Waals surface area contributed by atoms with Gasteiger partial charge in [0.2, 0.25) is 0 Å². The Labute approximate surface area is 114 Å². The monoisotopic (exact) mass is 271 g/mol. The van der Waals surface area contributed by atoms with Crippen LogP contribution in [0.5, 0.6) is 0 Å². The first-order valence-electron chi connectivity index (χ1n) is 6.77. The topological polar surface area (TPSA) is 78.8 Å². The van der Waals surface area contributed by atoms with Crippen molar-refractivity contribution in [3.63, 3.8) is 0 Å². The Balaban J connectivity index is 2.62. The third kappa shape index (κ3) is 6.07. The molecule has 0 aromatic rings. The Morgan fingerprint density at radius 2 is 2.11 bits per heavy atom. The minimum absolute atomic E-state index is 0.0129. The molecule has 1 rings (SSSR count). The number of amides is 1. The fourth-order valence-electron chi connectivity index (χ4n) is 2.11. The number of nitrogens with one attached hydrogen (secondary N) is 1. The van der Waals surface area contributed by atoms with Crippen LogP contribution in [0.15, 0.2) is 12.2 Å². The number of hydrogen-bond donors (Lipinski definition) is 3. The summed E-state index contributed by atoms with van der Waals surface area (Å²) in [6.07, 6.45) is 4.49. The van der Waals surface area contributed by atoms with Crippen molar-refractivity contribution < 1.29 is 19.7 Å². The number of carbonyl (C=O) groups is 1. The molecule has 5 heteroatoms. The summed E-state index contributed by atoms with van der Waals surface area (Å²) in [5, 5.41) is 21.8. The number of ether oxygens (including phenoxy) is 1. The summed E-state index contributed by atoms with van der Waals surface area (Å²) in [6, 6.07) is -0.163. The second kappa shape index (κ2) is 6.91. The van der Waals surface area contributed by atoms with Gasteiger partial charge in [-0.05, 0) is 40.0 Å². The molecular formula is C14H25NO4. The van der Waals surface area contributed by atoms with Crippen LogP contribution < -0.4 is 5.32 Å². The first-order chi connectivity index (χ1) is 8.81. The van der Waals surface area contributed by atoms with E-state index in [0.29, 0.717) is 19.3 Å². The highest BCUT2D eigenvalue weighted by Crippen LogP contribution is 2.20. The lowest BCUT2D eigenvalue weighted by molar-refractivity contribution is 0.0462. The third-order valence-electron chi connectivity index (χ3n) is 3.09. The van der Waals surface area contributed by atoms with Crippen LogP contribution >= 0.6 is 0 Å². The van der Waals surface area contributed by atoms with E-state index in [2.05, 4.69) is 5.32 Å². The second-order valence-corrected chi connectivity index (χ2v) is 6.00. The van der Waals surface area contributed by atoms with E-state index in [0.717, 1.165) is 0 Å². The van der Waals surface area contributed by atoms with Gasteiger partial charge in [0.05, 0.1) is 6.10 Å². The van der Waals surface area contributed by atoms with Gasteiger partial charge in [0.15, 0.2) is 0 Å². The van der Waals surface area contributed by atoms with Crippen LogP contribution in [0.2, 0.25) is 0 Å². The highest BCUT2D eigenvalue weighted by molar-refractivity contribution is 5.68. The number of aliphatic hydroxyl groups excluding tert-OH is 2. The van der Waals surface area contributed by atoms with E-state index in [1.165, 1.54) is 0 Å². The van der Waals surface area contributed by atoms with Crippen LogP contribution in [0.4, 0.5) is 4.79 Å². The number of alkyl carbamates (subject to hydrolysis) is 1. The molecule has 0 heterocycles. The van der Waals surface area contributed by atoms with Gasteiger partial charge in [-0.25, -0.2) is 4.79 Å². The molecule has 19 heavy (non-hydrogen) atoms. The normalized spacial score (nSPS) is 30.1. The highest BCUT2D eigenvalue weighted by atomic mass is 16.6. The molecule has 5 nitrogen and oxygen atoms in total. The molecule has 1 aliphatic carbocycles. The van der Waals surface area contributed by atoms with E-state index in [1.54, 1.807) is 6.08 Å². The molecule has 0 saturated carbocycles. The van der Waals surface area contributed by atoms with Crippen molar-refractivity contribution in [2.45, 2.75) is 57.8 Å². The first-order valence-corrected chi connectivity index (χ1v) is 6.77. The van der Waals surface area contributed by atoms with Crippen molar-refractivity contribution in [3.8, 4) is 0 Å². The number of rotatable bonds is 2. The van der Waals surface area contributed by atoms with Crippen molar-refractivity contribution >= 4 is 6.09 Å². The fourth-order valence-corrected chi connectivity index (χ4v) is 2.11. The van der Waals surface area contributed by atoms with Crippen LogP contribution in [-0.4, -0.2) is 40.7 Å². The molecule has 110 valence electrons. The van der Waals surface area contributed by atoms with Gasteiger partial charge in [0.1, 0.15) is 5.60 Å². The van der Waals surface area contributed by atoms with E-state index >= 15 is 0 Å². The lowest BCUT2D eigenvalue weighted by atomic mass is 9.89. The van der Waals surface area contributed by atoms with Gasteiger partial charge in [-0.3, -0.25) is 0 Å². The predicted molar refractivity (Wildman–Crippen MR) is 72.7 cm³/mol. The molecule has 3 N–H and O–H groups in total. The molecule has 3 atom stereocenters. The molecule has 1 unspecified atom stereocenters. The van der Waals surface area contributed by atoms with Crippen LogP contribution in [-0.2, 0) is 4.74 Å². The van der Waals surface area contributed by atoms with E-state index in [9.17, 15) is 15.0 Å². The summed E-state index contributed by atoms with van der Waals surface area (Å²) in [5.41, 5.74) is -0.535. The Morgan fingerprint density at radius 3 is 2.68 bits per heavy atom. The van der Waals surface area contributed by atoms with Gasteiger partial charge in [-0.2, -0.15) is 0 Å². The molecule has 0 radical (unpaired) electrons. The molecule has 0 spiro atoms.